The summed E-state index contributed by atoms with van der Waals surface area (Å²) < 4.78 is 7.20. The second kappa shape index (κ2) is 10.5. The fourth-order valence-corrected chi connectivity index (χ4v) is 6.96. The number of rotatable bonds is 9. The lowest BCUT2D eigenvalue weighted by Crippen LogP contribution is -2.67. The first-order valence-electron chi connectivity index (χ1n) is 14.0. The van der Waals surface area contributed by atoms with Crippen LogP contribution < -0.4 is 0 Å². The first kappa shape index (κ1) is 25.1. The Balaban J connectivity index is 1.21. The molecule has 3 aliphatic rings. The van der Waals surface area contributed by atoms with E-state index in [1.54, 1.807) is 0 Å². The van der Waals surface area contributed by atoms with Crippen molar-refractivity contribution < 1.29 is 14.3 Å². The number of benzene rings is 4. The summed E-state index contributed by atoms with van der Waals surface area (Å²) in [5.41, 5.74) is 4.47. The molecule has 0 aliphatic carbocycles. The predicted octanol–water partition coefficient (Wildman–Crippen LogP) is 6.81. The van der Waals surface area contributed by atoms with Crippen LogP contribution in [0, 0.1) is 5.41 Å². The van der Waals surface area contributed by atoms with Gasteiger partial charge in [-0.05, 0) is 27.8 Å². The van der Waals surface area contributed by atoms with Crippen LogP contribution in [0.1, 0.15) is 36.0 Å². The Kier molecular flexibility index (Phi) is 6.92. The van der Waals surface area contributed by atoms with Gasteiger partial charge in [-0.1, -0.05) is 115 Å². The lowest BCUT2D eigenvalue weighted by Gasteiger charge is -2.60. The third-order valence-corrected chi connectivity index (χ3v) is 9.38. The maximum absolute atomic E-state index is 12.8. The van der Waals surface area contributed by atoms with Gasteiger partial charge >= 0.3 is 0 Å². The van der Waals surface area contributed by atoms with Crippen LogP contribution in [0.2, 0.25) is 0 Å². The summed E-state index contributed by atoms with van der Waals surface area (Å²) in [5.74, 6) is 0. The minimum atomic E-state index is -1.01. The number of nitrogens with zero attached hydrogens (tertiary/aromatic N) is 1. The van der Waals surface area contributed by atoms with E-state index in [-0.39, 0.29) is 5.41 Å². The number of quaternary nitrogens is 1. The Bertz CT molecular complexity index is 1300. The van der Waals surface area contributed by atoms with Crippen molar-refractivity contribution in [2.75, 3.05) is 32.8 Å². The molecule has 0 radical (unpaired) electrons. The first-order valence-corrected chi connectivity index (χ1v) is 14.0. The molecule has 194 valence electrons. The smallest absolute Gasteiger partial charge is 0.121 e. The predicted molar refractivity (Wildman–Crippen MR) is 153 cm³/mol. The summed E-state index contributed by atoms with van der Waals surface area (Å²) in [5, 5.41) is 12.8. The minimum Gasteiger partial charge on any atom is -0.380 e. The molecular weight excluding hydrogens is 466 g/mol. The van der Waals surface area contributed by atoms with Crippen LogP contribution in [0.15, 0.2) is 115 Å². The molecule has 3 nitrogen and oxygen atoms in total. The lowest BCUT2D eigenvalue weighted by molar-refractivity contribution is -0.946. The summed E-state index contributed by atoms with van der Waals surface area (Å²) >= 11 is 0. The van der Waals surface area contributed by atoms with Gasteiger partial charge in [0.05, 0.1) is 32.8 Å². The summed E-state index contributed by atoms with van der Waals surface area (Å²) in [6.07, 6.45) is 3.08. The Morgan fingerprint density at radius 1 is 0.632 bits per heavy atom. The van der Waals surface area contributed by atoms with Crippen molar-refractivity contribution in [1.29, 1.82) is 0 Å². The van der Waals surface area contributed by atoms with E-state index >= 15 is 0 Å². The molecule has 0 aromatic heterocycles. The Morgan fingerprint density at radius 3 is 1.74 bits per heavy atom. The number of ether oxygens (including phenoxy) is 1. The summed E-state index contributed by atoms with van der Waals surface area (Å²) in [4.78, 5) is 0. The largest absolute Gasteiger partial charge is 0.380 e. The second-order valence-corrected chi connectivity index (χ2v) is 11.3. The van der Waals surface area contributed by atoms with Crippen molar-refractivity contribution in [1.82, 2.24) is 0 Å². The number of fused-ring (bicyclic) bond motifs is 3. The molecule has 0 amide bonds. The molecule has 3 fully saturated rings. The van der Waals surface area contributed by atoms with Crippen LogP contribution in [0.3, 0.4) is 0 Å². The van der Waals surface area contributed by atoms with E-state index < -0.39 is 5.60 Å². The molecule has 1 unspecified atom stereocenters. The van der Waals surface area contributed by atoms with E-state index in [2.05, 4.69) is 97.1 Å². The highest BCUT2D eigenvalue weighted by Gasteiger charge is 2.60. The van der Waals surface area contributed by atoms with Gasteiger partial charge in [0.1, 0.15) is 12.1 Å². The number of hydrogen-bond acceptors (Lipinski definition) is 2. The van der Waals surface area contributed by atoms with Gasteiger partial charge in [0.25, 0.3) is 0 Å². The van der Waals surface area contributed by atoms with Gasteiger partial charge in [-0.25, -0.2) is 0 Å². The maximum atomic E-state index is 12.8. The zero-order valence-electron chi connectivity index (χ0n) is 22.1. The molecule has 38 heavy (non-hydrogen) atoms. The fourth-order valence-electron chi connectivity index (χ4n) is 6.96. The molecule has 1 N–H and O–H groups in total. The van der Waals surface area contributed by atoms with Crippen molar-refractivity contribution in [3.63, 3.8) is 0 Å². The molecule has 7 rings (SSSR count). The van der Waals surface area contributed by atoms with E-state index in [1.807, 2.05) is 18.2 Å². The van der Waals surface area contributed by atoms with Gasteiger partial charge in [0.15, 0.2) is 0 Å². The molecular formula is C35H38NO2+. The monoisotopic (exact) mass is 504 g/mol. The standard InChI is InChI=1S/C35H38NO2/c37-35(32-14-8-3-9-15-32,33-18-16-31(17-19-33)30-12-6-2-7-13-30)34-20-23-36(24-21-34,25-22-34)26-27-38-28-29-10-4-1-5-11-29/h1-19,37H,20-28H2/q+1. The van der Waals surface area contributed by atoms with E-state index in [4.69, 9.17) is 4.74 Å². The topological polar surface area (TPSA) is 29.5 Å². The molecule has 0 saturated carbocycles. The van der Waals surface area contributed by atoms with E-state index in [0.717, 1.165) is 67.7 Å². The van der Waals surface area contributed by atoms with Gasteiger partial charge < -0.3 is 14.3 Å². The van der Waals surface area contributed by atoms with Crippen LogP contribution in [0.4, 0.5) is 0 Å². The normalized spacial score (nSPS) is 24.1. The third kappa shape index (κ3) is 4.60. The Morgan fingerprint density at radius 2 is 1.13 bits per heavy atom. The number of piperidine rings is 3. The molecule has 4 aromatic rings. The molecule has 2 bridgehead atoms. The van der Waals surface area contributed by atoms with Crippen molar-refractivity contribution in [3.8, 4) is 11.1 Å². The van der Waals surface area contributed by atoms with Gasteiger partial charge in [-0.2, -0.15) is 0 Å². The maximum Gasteiger partial charge on any atom is 0.121 e. The van der Waals surface area contributed by atoms with E-state index in [9.17, 15) is 5.11 Å². The average molecular weight is 505 g/mol. The molecule has 4 aromatic carbocycles. The van der Waals surface area contributed by atoms with Crippen LogP contribution in [0.25, 0.3) is 11.1 Å². The minimum absolute atomic E-state index is 0.159. The van der Waals surface area contributed by atoms with Gasteiger partial charge in [-0.15, -0.1) is 0 Å². The number of aliphatic hydroxyl groups is 1. The quantitative estimate of drug-likeness (QED) is 0.200. The van der Waals surface area contributed by atoms with Crippen molar-refractivity contribution in [2.24, 2.45) is 5.41 Å². The molecule has 3 heteroatoms. The van der Waals surface area contributed by atoms with Crippen LogP contribution >= 0.6 is 0 Å². The third-order valence-electron chi connectivity index (χ3n) is 9.38. The molecule has 3 aliphatic heterocycles. The van der Waals surface area contributed by atoms with Crippen LogP contribution in [-0.2, 0) is 16.9 Å². The van der Waals surface area contributed by atoms with E-state index in [1.165, 1.54) is 16.7 Å². The average Bonchev–Trinajstić information content (AvgIpc) is 3.01. The zero-order chi connectivity index (χ0) is 25.9. The fraction of sp³-hybridized carbons (Fsp3) is 0.314. The van der Waals surface area contributed by atoms with Gasteiger partial charge in [0, 0.05) is 24.7 Å². The highest BCUT2D eigenvalue weighted by atomic mass is 16.5. The lowest BCUT2D eigenvalue weighted by atomic mass is 9.56. The van der Waals surface area contributed by atoms with Gasteiger partial charge in [-0.3, -0.25) is 0 Å². The van der Waals surface area contributed by atoms with Crippen LogP contribution in [-0.4, -0.2) is 42.4 Å². The van der Waals surface area contributed by atoms with Crippen LogP contribution in [0.5, 0.6) is 0 Å². The molecule has 1 atom stereocenters. The SMILES string of the molecule is OC(c1ccccc1)(c1ccc(-c2ccccc2)cc1)C12CC[N+](CCOCc3ccccc3)(CC1)CC2. The highest BCUT2D eigenvalue weighted by molar-refractivity contribution is 5.64. The number of hydrogen-bond donors (Lipinski definition) is 1. The van der Waals surface area contributed by atoms with E-state index in [0.29, 0.717) is 6.61 Å². The molecule has 0 spiro atoms. The zero-order valence-corrected chi connectivity index (χ0v) is 22.1. The highest BCUT2D eigenvalue weighted by Crippen LogP contribution is 2.57. The summed E-state index contributed by atoms with van der Waals surface area (Å²) in [7, 11) is 0. The van der Waals surface area contributed by atoms with Crippen molar-refractivity contribution in [2.45, 2.75) is 31.5 Å². The van der Waals surface area contributed by atoms with Crippen molar-refractivity contribution in [3.05, 3.63) is 132 Å². The van der Waals surface area contributed by atoms with Crippen molar-refractivity contribution >= 4 is 0 Å². The van der Waals surface area contributed by atoms with Gasteiger partial charge in [0.2, 0.25) is 0 Å². The summed E-state index contributed by atoms with van der Waals surface area (Å²) in [6.45, 7) is 5.82. The Labute approximate surface area is 226 Å². The first-order chi connectivity index (χ1) is 18.6. The summed E-state index contributed by atoms with van der Waals surface area (Å²) in [6, 6.07) is 40.0. The molecule has 3 saturated heterocycles. The molecule has 3 heterocycles. The second-order valence-electron chi connectivity index (χ2n) is 11.3. The Hall–Kier alpha value is -3.24.